The fourth-order valence-corrected chi connectivity index (χ4v) is 4.19. The van der Waals surface area contributed by atoms with Crippen LogP contribution >= 0.6 is 31.9 Å². The molecule has 0 aliphatic rings. The van der Waals surface area contributed by atoms with E-state index in [1.807, 2.05) is 31.2 Å². The molecular weight excluding hydrogens is 580 g/mol. The summed E-state index contributed by atoms with van der Waals surface area (Å²) in [5.41, 5.74) is 1.84. The SMILES string of the molecule is CCCc1nc2ccc(Br)cc2c(=O)n1N=Cc1cc(Br)ccc1OCc1ccc([N+](=O)[O-])cc1. The third-order valence-corrected chi connectivity index (χ3v) is 6.16. The van der Waals surface area contributed by atoms with Crippen molar-refractivity contribution in [3.8, 4) is 5.75 Å². The van der Waals surface area contributed by atoms with Crippen LogP contribution in [0.5, 0.6) is 5.75 Å². The Morgan fingerprint density at radius 3 is 2.51 bits per heavy atom. The van der Waals surface area contributed by atoms with E-state index < -0.39 is 4.92 Å². The number of nitrogens with zero attached hydrogens (tertiary/aromatic N) is 4. The molecular formula is C25H20Br2N4O4. The standard InChI is InChI=1S/C25H20Br2N4O4/c1-2-3-24-29-22-10-6-19(27)13-21(22)25(32)30(24)28-14-17-12-18(26)7-11-23(17)35-15-16-4-8-20(9-5-16)31(33)34/h4-14H,2-3,15H2,1H3. The number of non-ortho nitro benzene ring substituents is 1. The summed E-state index contributed by atoms with van der Waals surface area (Å²) in [6.45, 7) is 2.23. The summed E-state index contributed by atoms with van der Waals surface area (Å²) in [6, 6.07) is 17.1. The highest BCUT2D eigenvalue weighted by molar-refractivity contribution is 9.10. The van der Waals surface area contributed by atoms with Gasteiger partial charge in [0.15, 0.2) is 0 Å². The van der Waals surface area contributed by atoms with Gasteiger partial charge in [0.2, 0.25) is 0 Å². The number of aryl methyl sites for hydroxylation is 1. The van der Waals surface area contributed by atoms with Crippen molar-refractivity contribution in [2.75, 3.05) is 0 Å². The van der Waals surface area contributed by atoms with Crippen molar-refractivity contribution in [1.82, 2.24) is 9.66 Å². The second-order valence-electron chi connectivity index (χ2n) is 7.70. The van der Waals surface area contributed by atoms with Crippen LogP contribution in [-0.4, -0.2) is 20.8 Å². The topological polar surface area (TPSA) is 99.6 Å². The maximum Gasteiger partial charge on any atom is 0.282 e. The molecule has 0 aliphatic carbocycles. The molecule has 1 heterocycles. The van der Waals surface area contributed by atoms with Crippen molar-refractivity contribution in [2.45, 2.75) is 26.4 Å². The Bertz CT molecular complexity index is 1480. The minimum Gasteiger partial charge on any atom is -0.488 e. The lowest BCUT2D eigenvalue weighted by atomic mass is 10.2. The van der Waals surface area contributed by atoms with Gasteiger partial charge in [-0.3, -0.25) is 14.9 Å². The first kappa shape index (κ1) is 24.7. The molecule has 8 nitrogen and oxygen atoms in total. The summed E-state index contributed by atoms with van der Waals surface area (Å²) in [7, 11) is 0. The molecule has 10 heteroatoms. The van der Waals surface area contributed by atoms with Gasteiger partial charge in [-0.15, -0.1) is 0 Å². The number of hydrogen-bond acceptors (Lipinski definition) is 6. The monoisotopic (exact) mass is 598 g/mol. The molecule has 0 saturated heterocycles. The first-order chi connectivity index (χ1) is 16.9. The van der Waals surface area contributed by atoms with Crippen LogP contribution in [0.15, 0.2) is 79.5 Å². The molecule has 0 saturated carbocycles. The molecule has 0 spiro atoms. The normalized spacial score (nSPS) is 11.3. The van der Waals surface area contributed by atoms with Crippen LogP contribution < -0.4 is 10.3 Å². The summed E-state index contributed by atoms with van der Waals surface area (Å²) < 4.78 is 8.91. The minimum absolute atomic E-state index is 0.0227. The minimum atomic E-state index is -0.441. The van der Waals surface area contributed by atoms with Crippen molar-refractivity contribution in [3.63, 3.8) is 0 Å². The van der Waals surface area contributed by atoms with Crippen molar-refractivity contribution < 1.29 is 9.66 Å². The van der Waals surface area contributed by atoms with Crippen molar-refractivity contribution in [2.24, 2.45) is 5.10 Å². The van der Waals surface area contributed by atoms with Crippen molar-refractivity contribution >= 4 is 54.7 Å². The molecule has 0 aliphatic heterocycles. The van der Waals surface area contributed by atoms with E-state index in [2.05, 4.69) is 41.9 Å². The molecule has 0 amide bonds. The number of hydrogen-bond donors (Lipinski definition) is 0. The smallest absolute Gasteiger partial charge is 0.282 e. The molecule has 0 unspecified atom stereocenters. The summed E-state index contributed by atoms with van der Waals surface area (Å²) >= 11 is 6.88. The fourth-order valence-electron chi connectivity index (χ4n) is 3.45. The van der Waals surface area contributed by atoms with Crippen LogP contribution in [-0.2, 0) is 13.0 Å². The Hall–Kier alpha value is -3.37. The van der Waals surface area contributed by atoms with Crippen LogP contribution in [0.3, 0.4) is 0 Å². The van der Waals surface area contributed by atoms with E-state index in [9.17, 15) is 14.9 Å². The number of nitro groups is 1. The Morgan fingerprint density at radius 2 is 1.80 bits per heavy atom. The summed E-state index contributed by atoms with van der Waals surface area (Å²) in [5.74, 6) is 1.13. The lowest BCUT2D eigenvalue weighted by Gasteiger charge is -2.11. The van der Waals surface area contributed by atoms with Crippen LogP contribution in [0.25, 0.3) is 10.9 Å². The predicted molar refractivity (Wildman–Crippen MR) is 142 cm³/mol. The van der Waals surface area contributed by atoms with Crippen LogP contribution in [0, 0.1) is 10.1 Å². The summed E-state index contributed by atoms with van der Waals surface area (Å²) in [4.78, 5) is 28.3. The van der Waals surface area contributed by atoms with Gasteiger partial charge in [-0.2, -0.15) is 9.78 Å². The maximum atomic E-state index is 13.2. The van der Waals surface area contributed by atoms with E-state index in [0.29, 0.717) is 34.5 Å². The summed E-state index contributed by atoms with van der Waals surface area (Å²) in [6.07, 6.45) is 2.98. The van der Waals surface area contributed by atoms with E-state index >= 15 is 0 Å². The quantitative estimate of drug-likeness (QED) is 0.135. The number of nitro benzene ring substituents is 1. The molecule has 4 aromatic rings. The summed E-state index contributed by atoms with van der Waals surface area (Å²) in [5, 5.41) is 15.8. The predicted octanol–water partition coefficient (Wildman–Crippen LogP) is 6.24. The van der Waals surface area contributed by atoms with Gasteiger partial charge in [0, 0.05) is 33.1 Å². The molecule has 3 aromatic carbocycles. The first-order valence-corrected chi connectivity index (χ1v) is 12.4. The Kier molecular flexibility index (Phi) is 7.72. The molecule has 0 atom stereocenters. The van der Waals surface area contributed by atoms with Crippen LogP contribution in [0.1, 0.15) is 30.3 Å². The molecule has 0 radical (unpaired) electrons. The number of fused-ring (bicyclic) bond motifs is 1. The van der Waals surface area contributed by atoms with Gasteiger partial charge in [-0.25, -0.2) is 4.98 Å². The third-order valence-electron chi connectivity index (χ3n) is 5.17. The van der Waals surface area contributed by atoms with Gasteiger partial charge in [0.1, 0.15) is 18.2 Å². The average Bonchev–Trinajstić information content (AvgIpc) is 2.84. The van der Waals surface area contributed by atoms with Gasteiger partial charge in [0.05, 0.1) is 22.0 Å². The largest absolute Gasteiger partial charge is 0.488 e. The van der Waals surface area contributed by atoms with Gasteiger partial charge < -0.3 is 4.74 Å². The number of halogens is 2. The van der Waals surface area contributed by atoms with E-state index in [1.165, 1.54) is 16.8 Å². The Morgan fingerprint density at radius 1 is 1.09 bits per heavy atom. The molecule has 0 N–H and O–H groups in total. The van der Waals surface area contributed by atoms with Crippen molar-refractivity contribution in [1.29, 1.82) is 0 Å². The average molecular weight is 600 g/mol. The molecule has 35 heavy (non-hydrogen) atoms. The second kappa shape index (κ2) is 10.9. The second-order valence-corrected chi connectivity index (χ2v) is 9.53. The highest BCUT2D eigenvalue weighted by Gasteiger charge is 2.12. The lowest BCUT2D eigenvalue weighted by molar-refractivity contribution is -0.384. The highest BCUT2D eigenvalue weighted by Crippen LogP contribution is 2.24. The first-order valence-electron chi connectivity index (χ1n) is 10.8. The number of rotatable bonds is 8. The zero-order valence-corrected chi connectivity index (χ0v) is 21.8. The zero-order valence-electron chi connectivity index (χ0n) is 18.6. The molecule has 178 valence electrons. The molecule has 4 rings (SSSR count). The Labute approximate surface area is 217 Å². The highest BCUT2D eigenvalue weighted by atomic mass is 79.9. The third kappa shape index (κ3) is 5.83. The van der Waals surface area contributed by atoms with Crippen LogP contribution in [0.4, 0.5) is 5.69 Å². The molecule has 0 bridgehead atoms. The lowest BCUT2D eigenvalue weighted by Crippen LogP contribution is -2.22. The fraction of sp³-hybridized carbons (Fsp3) is 0.160. The van der Waals surface area contributed by atoms with E-state index in [-0.39, 0.29) is 17.9 Å². The van der Waals surface area contributed by atoms with E-state index in [4.69, 9.17) is 4.74 Å². The van der Waals surface area contributed by atoms with Crippen LogP contribution in [0.2, 0.25) is 0 Å². The Balaban J connectivity index is 1.66. The molecule has 0 fully saturated rings. The van der Waals surface area contributed by atoms with Gasteiger partial charge in [0.25, 0.3) is 11.2 Å². The number of ether oxygens (including phenoxy) is 1. The van der Waals surface area contributed by atoms with E-state index in [0.717, 1.165) is 20.9 Å². The number of benzene rings is 3. The number of aromatic nitrogens is 2. The van der Waals surface area contributed by atoms with Gasteiger partial charge in [-0.1, -0.05) is 38.8 Å². The zero-order chi connectivity index (χ0) is 24.9. The van der Waals surface area contributed by atoms with E-state index in [1.54, 1.807) is 30.5 Å². The van der Waals surface area contributed by atoms with Gasteiger partial charge in [-0.05, 0) is 60.5 Å². The maximum absolute atomic E-state index is 13.2. The van der Waals surface area contributed by atoms with Crippen molar-refractivity contribution in [3.05, 3.63) is 107 Å². The molecule has 1 aromatic heterocycles. The van der Waals surface area contributed by atoms with Gasteiger partial charge >= 0.3 is 0 Å².